The highest BCUT2D eigenvalue weighted by molar-refractivity contribution is 9.10. The second-order valence-electron chi connectivity index (χ2n) is 6.73. The average Bonchev–Trinajstić information content (AvgIpc) is 3.20. The normalized spacial score (nSPS) is 15.1. The first-order valence-corrected chi connectivity index (χ1v) is 9.85. The van der Waals surface area contributed by atoms with Crippen molar-refractivity contribution in [1.82, 2.24) is 20.0 Å². The summed E-state index contributed by atoms with van der Waals surface area (Å²) in [5, 5.41) is 7.21. The lowest BCUT2D eigenvalue weighted by Crippen LogP contribution is -2.48. The summed E-state index contributed by atoms with van der Waals surface area (Å²) in [5.41, 5.74) is 3.63. The van der Waals surface area contributed by atoms with Crippen LogP contribution >= 0.6 is 15.9 Å². The number of amides is 1. The molecule has 1 aliphatic heterocycles. The molecule has 5 nitrogen and oxygen atoms in total. The maximum Gasteiger partial charge on any atom is 0.271 e. The van der Waals surface area contributed by atoms with Gasteiger partial charge < -0.3 is 4.90 Å². The molecule has 138 valence electrons. The highest BCUT2D eigenvalue weighted by Crippen LogP contribution is 2.21. The van der Waals surface area contributed by atoms with Crippen LogP contribution in [0.5, 0.6) is 0 Å². The number of rotatable bonds is 4. The van der Waals surface area contributed by atoms with Gasteiger partial charge in [0.05, 0.1) is 5.69 Å². The molecule has 1 aliphatic rings. The summed E-state index contributed by atoms with van der Waals surface area (Å²) in [4.78, 5) is 17.1. The Morgan fingerprint density at radius 2 is 1.70 bits per heavy atom. The minimum atomic E-state index is 0.0187. The molecule has 0 unspecified atom stereocenters. The summed E-state index contributed by atoms with van der Waals surface area (Å²) >= 11 is 3.43. The highest BCUT2D eigenvalue weighted by atomic mass is 79.9. The molecule has 0 aliphatic carbocycles. The van der Waals surface area contributed by atoms with Crippen LogP contribution in [0.3, 0.4) is 0 Å². The Labute approximate surface area is 167 Å². The molecule has 1 amide bonds. The Hall–Kier alpha value is -2.44. The van der Waals surface area contributed by atoms with Gasteiger partial charge in [0.15, 0.2) is 0 Å². The highest BCUT2D eigenvalue weighted by Gasteiger charge is 2.23. The largest absolute Gasteiger partial charge is 0.335 e. The van der Waals surface area contributed by atoms with Crippen molar-refractivity contribution >= 4 is 21.8 Å². The Morgan fingerprint density at radius 3 is 2.41 bits per heavy atom. The molecule has 1 fully saturated rings. The van der Waals surface area contributed by atoms with Crippen molar-refractivity contribution in [2.24, 2.45) is 0 Å². The number of carbonyl (C=O) groups is 1. The number of hydrogen-bond acceptors (Lipinski definition) is 3. The van der Waals surface area contributed by atoms with Gasteiger partial charge in [-0.1, -0.05) is 58.4 Å². The lowest BCUT2D eigenvalue weighted by molar-refractivity contribution is 0.0622. The van der Waals surface area contributed by atoms with E-state index in [-0.39, 0.29) is 5.91 Å². The van der Waals surface area contributed by atoms with Crippen LogP contribution in [0.1, 0.15) is 16.1 Å². The SMILES string of the molecule is O=C(c1cc(-c2ccc(Br)cc2)n[nH]1)N1CCN(Cc2ccccc2)CC1. The van der Waals surface area contributed by atoms with Crippen LogP contribution in [0, 0.1) is 0 Å². The van der Waals surface area contributed by atoms with Gasteiger partial charge in [-0.05, 0) is 23.8 Å². The molecule has 0 atom stereocenters. The fourth-order valence-corrected chi connectivity index (χ4v) is 3.59. The van der Waals surface area contributed by atoms with Gasteiger partial charge in [-0.15, -0.1) is 0 Å². The molecule has 1 aromatic heterocycles. The van der Waals surface area contributed by atoms with Crippen LogP contribution in [-0.4, -0.2) is 52.1 Å². The smallest absolute Gasteiger partial charge is 0.271 e. The van der Waals surface area contributed by atoms with E-state index in [2.05, 4.69) is 55.3 Å². The molecule has 1 N–H and O–H groups in total. The van der Waals surface area contributed by atoms with E-state index in [0.29, 0.717) is 5.69 Å². The summed E-state index contributed by atoms with van der Waals surface area (Å²) < 4.78 is 1.02. The van der Waals surface area contributed by atoms with Gasteiger partial charge in [0, 0.05) is 42.8 Å². The minimum absolute atomic E-state index is 0.0187. The molecule has 2 heterocycles. The zero-order chi connectivity index (χ0) is 18.6. The molecule has 3 aromatic rings. The van der Waals surface area contributed by atoms with Gasteiger partial charge in [-0.25, -0.2) is 0 Å². The van der Waals surface area contributed by atoms with E-state index in [1.165, 1.54) is 5.56 Å². The number of halogens is 1. The number of aromatic amines is 1. The minimum Gasteiger partial charge on any atom is -0.335 e. The van der Waals surface area contributed by atoms with E-state index in [1.807, 2.05) is 41.3 Å². The van der Waals surface area contributed by atoms with Crippen LogP contribution in [0.25, 0.3) is 11.3 Å². The maximum absolute atomic E-state index is 12.8. The lowest BCUT2D eigenvalue weighted by Gasteiger charge is -2.34. The number of nitrogens with one attached hydrogen (secondary N) is 1. The van der Waals surface area contributed by atoms with E-state index < -0.39 is 0 Å². The first kappa shape index (κ1) is 17.9. The number of H-pyrrole nitrogens is 1. The van der Waals surface area contributed by atoms with Crippen molar-refractivity contribution in [1.29, 1.82) is 0 Å². The Morgan fingerprint density at radius 1 is 1.00 bits per heavy atom. The third kappa shape index (κ3) is 4.28. The summed E-state index contributed by atoms with van der Waals surface area (Å²) in [6.07, 6.45) is 0. The Bertz CT molecular complexity index is 899. The molecule has 0 spiro atoms. The second kappa shape index (κ2) is 8.06. The molecule has 0 radical (unpaired) electrons. The number of carbonyl (C=O) groups excluding carboxylic acids is 1. The van der Waals surface area contributed by atoms with Crippen molar-refractivity contribution in [3.8, 4) is 11.3 Å². The first-order valence-electron chi connectivity index (χ1n) is 9.06. The third-order valence-corrected chi connectivity index (χ3v) is 5.39. The van der Waals surface area contributed by atoms with Crippen LogP contribution in [0.15, 0.2) is 65.1 Å². The maximum atomic E-state index is 12.8. The van der Waals surface area contributed by atoms with E-state index in [4.69, 9.17) is 0 Å². The third-order valence-electron chi connectivity index (χ3n) is 4.86. The van der Waals surface area contributed by atoms with Gasteiger partial charge in [0.2, 0.25) is 0 Å². The quantitative estimate of drug-likeness (QED) is 0.692. The standard InChI is InChI=1S/C21H21BrN4O/c22-18-8-6-17(7-9-18)19-14-20(24-23-19)21(27)26-12-10-25(11-13-26)15-16-4-2-1-3-5-16/h1-9,14H,10-13,15H2,(H,23,24). The van der Waals surface area contributed by atoms with Gasteiger partial charge >= 0.3 is 0 Å². The zero-order valence-corrected chi connectivity index (χ0v) is 16.5. The van der Waals surface area contributed by atoms with Crippen molar-refractivity contribution < 1.29 is 4.79 Å². The number of aromatic nitrogens is 2. The number of benzene rings is 2. The van der Waals surface area contributed by atoms with E-state index in [0.717, 1.165) is 48.5 Å². The summed E-state index contributed by atoms with van der Waals surface area (Å²) in [6.45, 7) is 4.17. The van der Waals surface area contributed by atoms with Crippen molar-refractivity contribution in [2.75, 3.05) is 26.2 Å². The van der Waals surface area contributed by atoms with Crippen molar-refractivity contribution in [2.45, 2.75) is 6.54 Å². The molecular formula is C21H21BrN4O. The van der Waals surface area contributed by atoms with Gasteiger partial charge in [0.25, 0.3) is 5.91 Å². The molecule has 0 bridgehead atoms. The Balaban J connectivity index is 1.36. The van der Waals surface area contributed by atoms with E-state index in [1.54, 1.807) is 0 Å². The fourth-order valence-electron chi connectivity index (χ4n) is 3.32. The van der Waals surface area contributed by atoms with Gasteiger partial charge in [-0.2, -0.15) is 5.10 Å². The van der Waals surface area contributed by atoms with Gasteiger partial charge in [0.1, 0.15) is 5.69 Å². The molecular weight excluding hydrogens is 404 g/mol. The summed E-state index contributed by atoms with van der Waals surface area (Å²) in [6, 6.07) is 20.2. The lowest BCUT2D eigenvalue weighted by atomic mass is 10.1. The predicted octanol–water partition coefficient (Wildman–Crippen LogP) is 3.80. The fraction of sp³-hybridized carbons (Fsp3) is 0.238. The van der Waals surface area contributed by atoms with Crippen LogP contribution in [0.2, 0.25) is 0 Å². The number of nitrogens with zero attached hydrogens (tertiary/aromatic N) is 3. The van der Waals surface area contributed by atoms with E-state index >= 15 is 0 Å². The van der Waals surface area contributed by atoms with Crippen LogP contribution in [-0.2, 0) is 6.54 Å². The van der Waals surface area contributed by atoms with Crippen molar-refractivity contribution in [3.05, 3.63) is 76.4 Å². The molecule has 1 saturated heterocycles. The summed E-state index contributed by atoms with van der Waals surface area (Å²) in [7, 11) is 0. The Kier molecular flexibility index (Phi) is 5.36. The second-order valence-corrected chi connectivity index (χ2v) is 7.64. The summed E-state index contributed by atoms with van der Waals surface area (Å²) in [5.74, 6) is 0.0187. The van der Waals surface area contributed by atoms with Gasteiger partial charge in [-0.3, -0.25) is 14.8 Å². The number of piperazine rings is 1. The first-order chi connectivity index (χ1) is 13.2. The van der Waals surface area contributed by atoms with Crippen molar-refractivity contribution in [3.63, 3.8) is 0 Å². The molecule has 0 saturated carbocycles. The molecule has 2 aromatic carbocycles. The van der Waals surface area contributed by atoms with Crippen LogP contribution in [0.4, 0.5) is 0 Å². The zero-order valence-electron chi connectivity index (χ0n) is 14.9. The molecule has 6 heteroatoms. The monoisotopic (exact) mass is 424 g/mol. The number of hydrogen-bond donors (Lipinski definition) is 1. The van der Waals surface area contributed by atoms with E-state index in [9.17, 15) is 4.79 Å². The average molecular weight is 425 g/mol. The van der Waals surface area contributed by atoms with Crippen LogP contribution < -0.4 is 0 Å². The topological polar surface area (TPSA) is 52.2 Å². The molecule has 27 heavy (non-hydrogen) atoms. The predicted molar refractivity (Wildman–Crippen MR) is 109 cm³/mol. The molecule has 4 rings (SSSR count).